The predicted octanol–water partition coefficient (Wildman–Crippen LogP) is 1.52. The average Bonchev–Trinajstić information content (AvgIpc) is 2.62. The molecule has 6 nitrogen and oxygen atoms in total. The van der Waals surface area contributed by atoms with Gasteiger partial charge in [-0.25, -0.2) is 0 Å². The lowest BCUT2D eigenvalue weighted by Gasteiger charge is -2.32. The summed E-state index contributed by atoms with van der Waals surface area (Å²) < 4.78 is 10.8. The molecule has 2 rings (SSSR count). The minimum Gasteiger partial charge on any atom is -0.481 e. The molecule has 1 aromatic heterocycles. The summed E-state index contributed by atoms with van der Waals surface area (Å²) in [6.07, 6.45) is -0.537. The maximum Gasteiger partial charge on any atom is 0.306 e. The molecule has 1 unspecified atom stereocenters. The molecule has 1 aliphatic rings. The van der Waals surface area contributed by atoms with E-state index in [4.69, 9.17) is 14.3 Å². The molecule has 0 aliphatic carbocycles. The Bertz CT molecular complexity index is 534. The number of nitrogens with zero attached hydrogens (tertiary/aromatic N) is 1. The van der Waals surface area contributed by atoms with Crippen LogP contribution in [0.15, 0.2) is 4.42 Å². The number of aliphatic carboxylic acids is 1. The Morgan fingerprint density at radius 3 is 2.55 bits per heavy atom. The number of carbonyl (C=O) groups is 2. The third kappa shape index (κ3) is 2.85. The molecule has 20 heavy (non-hydrogen) atoms. The Balaban J connectivity index is 2.14. The lowest BCUT2D eigenvalue weighted by Crippen LogP contribution is -2.46. The zero-order chi connectivity index (χ0) is 14.9. The zero-order valence-corrected chi connectivity index (χ0v) is 11.9. The highest BCUT2D eigenvalue weighted by Gasteiger charge is 2.29. The van der Waals surface area contributed by atoms with Crippen LogP contribution in [-0.4, -0.2) is 47.7 Å². The van der Waals surface area contributed by atoms with Crippen molar-refractivity contribution in [3.05, 3.63) is 22.6 Å². The smallest absolute Gasteiger partial charge is 0.306 e. The van der Waals surface area contributed by atoms with Crippen LogP contribution in [0.3, 0.4) is 0 Å². The molecule has 1 aromatic rings. The van der Waals surface area contributed by atoms with Gasteiger partial charge in [0.15, 0.2) is 0 Å². The van der Waals surface area contributed by atoms with Crippen molar-refractivity contribution in [2.75, 3.05) is 19.7 Å². The summed E-state index contributed by atoms with van der Waals surface area (Å²) in [6.45, 7) is 6.58. The summed E-state index contributed by atoms with van der Waals surface area (Å²) in [4.78, 5) is 24.9. The van der Waals surface area contributed by atoms with E-state index >= 15 is 0 Å². The van der Waals surface area contributed by atoms with E-state index in [0.29, 0.717) is 31.0 Å². The monoisotopic (exact) mass is 281 g/mol. The second-order valence-electron chi connectivity index (χ2n) is 5.06. The highest BCUT2D eigenvalue weighted by atomic mass is 16.5. The summed E-state index contributed by atoms with van der Waals surface area (Å²) in [6, 6.07) is 0. The van der Waals surface area contributed by atoms with E-state index in [0.717, 1.165) is 11.3 Å². The van der Waals surface area contributed by atoms with E-state index in [1.165, 1.54) is 0 Å². The number of hydrogen-bond acceptors (Lipinski definition) is 4. The molecule has 6 heteroatoms. The molecule has 1 aliphatic heterocycles. The molecule has 1 atom stereocenters. The fourth-order valence-corrected chi connectivity index (χ4v) is 2.49. The molecule has 1 saturated heterocycles. The quantitative estimate of drug-likeness (QED) is 0.908. The maximum absolute atomic E-state index is 12.5. The SMILES string of the molecule is Cc1oc(C)c(C(=O)N2CCOC(CC(=O)O)C2)c1C. The van der Waals surface area contributed by atoms with Crippen LogP contribution in [-0.2, 0) is 9.53 Å². The minimum absolute atomic E-state index is 0.0911. The molecule has 0 spiro atoms. The van der Waals surface area contributed by atoms with Crippen molar-refractivity contribution < 1.29 is 23.8 Å². The van der Waals surface area contributed by atoms with Gasteiger partial charge in [0, 0.05) is 18.7 Å². The number of carbonyl (C=O) groups excluding carboxylic acids is 1. The molecule has 110 valence electrons. The first-order chi connectivity index (χ1) is 9.40. The van der Waals surface area contributed by atoms with Crippen molar-refractivity contribution in [2.24, 2.45) is 0 Å². The van der Waals surface area contributed by atoms with Crippen LogP contribution in [0.5, 0.6) is 0 Å². The highest BCUT2D eigenvalue weighted by Crippen LogP contribution is 2.23. The lowest BCUT2D eigenvalue weighted by atomic mass is 10.1. The number of ether oxygens (including phenoxy) is 1. The van der Waals surface area contributed by atoms with Crippen LogP contribution in [0.2, 0.25) is 0 Å². The van der Waals surface area contributed by atoms with Gasteiger partial charge in [-0.3, -0.25) is 9.59 Å². The molecular formula is C14H19NO5. The zero-order valence-electron chi connectivity index (χ0n) is 11.9. The van der Waals surface area contributed by atoms with Gasteiger partial charge >= 0.3 is 5.97 Å². The van der Waals surface area contributed by atoms with Gasteiger partial charge in [0.1, 0.15) is 11.5 Å². The fourth-order valence-electron chi connectivity index (χ4n) is 2.49. The van der Waals surface area contributed by atoms with Crippen molar-refractivity contribution in [2.45, 2.75) is 33.3 Å². The highest BCUT2D eigenvalue weighted by molar-refractivity contribution is 5.97. The normalized spacial score (nSPS) is 19.1. The maximum atomic E-state index is 12.5. The summed E-state index contributed by atoms with van der Waals surface area (Å²) in [7, 11) is 0. The van der Waals surface area contributed by atoms with Crippen LogP contribution < -0.4 is 0 Å². The van der Waals surface area contributed by atoms with Crippen molar-refractivity contribution >= 4 is 11.9 Å². The topological polar surface area (TPSA) is 80.0 Å². The van der Waals surface area contributed by atoms with Crippen LogP contribution in [0, 0.1) is 20.8 Å². The van der Waals surface area contributed by atoms with Crippen LogP contribution in [0.25, 0.3) is 0 Å². The number of amides is 1. The minimum atomic E-state index is -0.921. The Morgan fingerprint density at radius 1 is 1.30 bits per heavy atom. The van der Waals surface area contributed by atoms with Crippen LogP contribution in [0.1, 0.15) is 33.9 Å². The Hall–Kier alpha value is -1.82. The Morgan fingerprint density at radius 2 is 2.00 bits per heavy atom. The Labute approximate surface area is 117 Å². The molecule has 0 radical (unpaired) electrons. The molecule has 0 aromatic carbocycles. The van der Waals surface area contributed by atoms with Gasteiger partial charge in [-0.2, -0.15) is 0 Å². The van der Waals surface area contributed by atoms with Gasteiger partial charge < -0.3 is 19.2 Å². The number of hydrogen-bond donors (Lipinski definition) is 1. The van der Waals surface area contributed by atoms with Gasteiger partial charge in [0.25, 0.3) is 5.91 Å². The van der Waals surface area contributed by atoms with Crippen molar-refractivity contribution in [3.63, 3.8) is 0 Å². The summed E-state index contributed by atoms with van der Waals surface area (Å²) in [5.41, 5.74) is 1.42. The number of aryl methyl sites for hydroxylation is 2. The lowest BCUT2D eigenvalue weighted by molar-refractivity contribution is -0.141. The number of furan rings is 1. The molecule has 2 heterocycles. The number of carboxylic acid groups (broad SMARTS) is 1. The summed E-state index contributed by atoms with van der Waals surface area (Å²) in [5, 5.41) is 8.80. The second kappa shape index (κ2) is 5.66. The molecule has 1 fully saturated rings. The third-order valence-corrected chi connectivity index (χ3v) is 3.60. The molecule has 1 N–H and O–H groups in total. The van der Waals surface area contributed by atoms with E-state index in [2.05, 4.69) is 0 Å². The van der Waals surface area contributed by atoms with Gasteiger partial charge in [0.05, 0.1) is 24.7 Å². The first-order valence-corrected chi connectivity index (χ1v) is 6.59. The third-order valence-electron chi connectivity index (χ3n) is 3.60. The van der Waals surface area contributed by atoms with Crippen LogP contribution >= 0.6 is 0 Å². The van der Waals surface area contributed by atoms with Gasteiger partial charge in [-0.05, 0) is 20.8 Å². The van der Waals surface area contributed by atoms with E-state index in [9.17, 15) is 9.59 Å². The van der Waals surface area contributed by atoms with Crippen molar-refractivity contribution in [1.82, 2.24) is 4.90 Å². The number of morpholine rings is 1. The molecule has 1 amide bonds. The summed E-state index contributed by atoms with van der Waals surface area (Å²) >= 11 is 0. The second-order valence-corrected chi connectivity index (χ2v) is 5.06. The first kappa shape index (κ1) is 14.6. The fraction of sp³-hybridized carbons (Fsp3) is 0.571. The van der Waals surface area contributed by atoms with Gasteiger partial charge in [-0.15, -0.1) is 0 Å². The number of carboxylic acids is 1. The van der Waals surface area contributed by atoms with E-state index in [1.807, 2.05) is 13.8 Å². The summed E-state index contributed by atoms with van der Waals surface area (Å²) in [5.74, 6) is 0.304. The van der Waals surface area contributed by atoms with E-state index < -0.39 is 12.1 Å². The Kier molecular flexibility index (Phi) is 4.13. The first-order valence-electron chi connectivity index (χ1n) is 6.59. The van der Waals surface area contributed by atoms with Gasteiger partial charge in [0.2, 0.25) is 0 Å². The van der Waals surface area contributed by atoms with E-state index in [-0.39, 0.29) is 12.3 Å². The van der Waals surface area contributed by atoms with Crippen molar-refractivity contribution in [3.8, 4) is 0 Å². The van der Waals surface area contributed by atoms with Crippen LogP contribution in [0.4, 0.5) is 0 Å². The van der Waals surface area contributed by atoms with E-state index in [1.54, 1.807) is 11.8 Å². The molecule has 0 saturated carbocycles. The standard InChI is InChI=1S/C14H19NO5/c1-8-9(2)20-10(3)13(8)14(18)15-4-5-19-11(7-15)6-12(16)17/h11H,4-7H2,1-3H3,(H,16,17). The predicted molar refractivity (Wildman–Crippen MR) is 70.8 cm³/mol. The molecule has 0 bridgehead atoms. The average molecular weight is 281 g/mol. The van der Waals surface area contributed by atoms with Crippen molar-refractivity contribution in [1.29, 1.82) is 0 Å². The largest absolute Gasteiger partial charge is 0.481 e. The number of rotatable bonds is 3. The van der Waals surface area contributed by atoms with Gasteiger partial charge in [-0.1, -0.05) is 0 Å². The molecular weight excluding hydrogens is 262 g/mol.